The Bertz CT molecular complexity index is 725. The van der Waals surface area contributed by atoms with E-state index in [4.69, 9.17) is 4.74 Å². The molecule has 2 aromatic heterocycles. The van der Waals surface area contributed by atoms with E-state index in [2.05, 4.69) is 15.2 Å². The van der Waals surface area contributed by atoms with E-state index in [1.54, 1.807) is 0 Å². The predicted molar refractivity (Wildman–Crippen MR) is 86.4 cm³/mol. The highest BCUT2D eigenvalue weighted by molar-refractivity contribution is 7.12. The molecule has 2 aliphatic rings. The number of ether oxygens (including phenoxy) is 1. The number of aromatic amines is 1. The van der Waals surface area contributed by atoms with Crippen LogP contribution in [0.5, 0.6) is 0 Å². The van der Waals surface area contributed by atoms with Gasteiger partial charge in [0, 0.05) is 13.1 Å². The van der Waals surface area contributed by atoms with Gasteiger partial charge in [0.25, 0.3) is 5.91 Å². The van der Waals surface area contributed by atoms with Crippen molar-refractivity contribution in [2.45, 2.75) is 38.9 Å². The summed E-state index contributed by atoms with van der Waals surface area (Å²) in [7, 11) is 0. The van der Waals surface area contributed by atoms with E-state index in [9.17, 15) is 4.79 Å². The van der Waals surface area contributed by atoms with E-state index in [-0.39, 0.29) is 18.1 Å². The average molecular weight is 332 g/mol. The molecule has 4 rings (SSSR count). The number of nitrogens with one attached hydrogen (secondary N) is 1. The lowest BCUT2D eigenvalue weighted by atomic mass is 9.91. The van der Waals surface area contributed by atoms with Crippen molar-refractivity contribution in [2.24, 2.45) is 5.92 Å². The molecule has 3 atom stereocenters. The summed E-state index contributed by atoms with van der Waals surface area (Å²) in [6, 6.07) is 2.00. The van der Waals surface area contributed by atoms with Gasteiger partial charge in [0.1, 0.15) is 11.9 Å². The molecule has 0 aliphatic carbocycles. The number of amides is 1. The summed E-state index contributed by atoms with van der Waals surface area (Å²) in [6.07, 6.45) is 1.98. The zero-order valence-electron chi connectivity index (χ0n) is 13.3. The number of likely N-dealkylation sites (tertiary alicyclic amines) is 1. The Morgan fingerprint density at radius 1 is 1.48 bits per heavy atom. The maximum Gasteiger partial charge on any atom is 0.264 e. The van der Waals surface area contributed by atoms with Gasteiger partial charge in [-0.3, -0.25) is 9.89 Å². The normalized spacial score (nSPS) is 27.2. The molecule has 0 saturated carbocycles. The monoisotopic (exact) mass is 332 g/mol. The Labute approximate surface area is 138 Å². The van der Waals surface area contributed by atoms with Crippen LogP contribution in [0, 0.1) is 19.8 Å². The van der Waals surface area contributed by atoms with Crippen molar-refractivity contribution in [3.63, 3.8) is 0 Å². The summed E-state index contributed by atoms with van der Waals surface area (Å²) in [5, 5.41) is 9.07. The van der Waals surface area contributed by atoms with Crippen molar-refractivity contribution in [2.75, 3.05) is 13.1 Å². The lowest BCUT2D eigenvalue weighted by Gasteiger charge is -2.34. The third-order valence-corrected chi connectivity index (χ3v) is 5.80. The summed E-state index contributed by atoms with van der Waals surface area (Å²) in [5.41, 5.74) is 1.06. The highest BCUT2D eigenvalue weighted by atomic mass is 32.1. The van der Waals surface area contributed by atoms with E-state index in [1.807, 2.05) is 30.2 Å². The highest BCUT2D eigenvalue weighted by Crippen LogP contribution is 2.40. The molecule has 0 spiro atoms. The van der Waals surface area contributed by atoms with Crippen LogP contribution in [0.3, 0.4) is 0 Å². The van der Waals surface area contributed by atoms with Crippen molar-refractivity contribution in [1.29, 1.82) is 0 Å². The van der Waals surface area contributed by atoms with E-state index in [0.717, 1.165) is 41.5 Å². The van der Waals surface area contributed by atoms with E-state index < -0.39 is 0 Å². The van der Waals surface area contributed by atoms with Crippen LogP contribution in [-0.4, -0.2) is 45.2 Å². The standard InChI is InChI=1S/C16H20N4O2S/c1-9-4-6-23-14(9)16(21)20-5-3-11-7-12(22-13(11)8-20)15-17-10(2)18-19-15/h4,6,11-13H,3,5,7-8H2,1-2H3,(H,17,18,19)/t11-,12+,13+/m1/s1. The molecular weight excluding hydrogens is 312 g/mol. The van der Waals surface area contributed by atoms with Gasteiger partial charge in [-0.1, -0.05) is 0 Å². The van der Waals surface area contributed by atoms with Gasteiger partial charge in [0.05, 0.1) is 11.0 Å². The summed E-state index contributed by atoms with van der Waals surface area (Å²) in [5.74, 6) is 2.18. The van der Waals surface area contributed by atoms with Crippen LogP contribution in [0.2, 0.25) is 0 Å². The van der Waals surface area contributed by atoms with Crippen LogP contribution in [-0.2, 0) is 4.74 Å². The number of carbonyl (C=O) groups excluding carboxylic acids is 1. The molecule has 1 N–H and O–H groups in total. The summed E-state index contributed by atoms with van der Waals surface area (Å²) in [6.45, 7) is 5.35. The Morgan fingerprint density at radius 2 is 2.35 bits per heavy atom. The van der Waals surface area contributed by atoms with Crippen molar-refractivity contribution in [3.8, 4) is 0 Å². The van der Waals surface area contributed by atoms with E-state index in [1.165, 1.54) is 11.3 Å². The quantitative estimate of drug-likeness (QED) is 0.917. The molecular formula is C16H20N4O2S. The fourth-order valence-electron chi connectivity index (χ4n) is 3.52. The van der Waals surface area contributed by atoms with Crippen LogP contribution in [0.4, 0.5) is 0 Å². The van der Waals surface area contributed by atoms with Gasteiger partial charge in [0.2, 0.25) is 0 Å². The zero-order valence-corrected chi connectivity index (χ0v) is 14.1. The minimum absolute atomic E-state index is 0.0477. The van der Waals surface area contributed by atoms with Crippen molar-refractivity contribution < 1.29 is 9.53 Å². The van der Waals surface area contributed by atoms with Gasteiger partial charge >= 0.3 is 0 Å². The lowest BCUT2D eigenvalue weighted by molar-refractivity contribution is -0.00671. The van der Waals surface area contributed by atoms with Gasteiger partial charge < -0.3 is 9.64 Å². The predicted octanol–water partition coefficient (Wildman–Crippen LogP) is 2.48. The molecule has 122 valence electrons. The molecule has 2 aromatic rings. The Morgan fingerprint density at radius 3 is 3.04 bits per heavy atom. The molecule has 1 amide bonds. The number of hydrogen-bond donors (Lipinski definition) is 1. The van der Waals surface area contributed by atoms with Crippen molar-refractivity contribution in [1.82, 2.24) is 20.1 Å². The molecule has 0 bridgehead atoms. The van der Waals surface area contributed by atoms with Crippen LogP contribution in [0.1, 0.15) is 45.8 Å². The molecule has 2 fully saturated rings. The van der Waals surface area contributed by atoms with Crippen LogP contribution >= 0.6 is 11.3 Å². The largest absolute Gasteiger partial charge is 0.365 e. The number of nitrogens with zero attached hydrogens (tertiary/aromatic N) is 3. The molecule has 2 saturated heterocycles. The first-order chi connectivity index (χ1) is 11.1. The number of piperidine rings is 1. The summed E-state index contributed by atoms with van der Waals surface area (Å²) >= 11 is 1.52. The fourth-order valence-corrected chi connectivity index (χ4v) is 4.41. The minimum atomic E-state index is -0.0477. The van der Waals surface area contributed by atoms with Crippen molar-refractivity contribution in [3.05, 3.63) is 33.5 Å². The Hall–Kier alpha value is -1.73. The number of rotatable bonds is 2. The molecule has 0 unspecified atom stereocenters. The second-order valence-corrected chi connectivity index (χ2v) is 7.33. The third-order valence-electron chi connectivity index (χ3n) is 4.80. The molecule has 7 heteroatoms. The zero-order chi connectivity index (χ0) is 16.0. The Balaban J connectivity index is 1.45. The first-order valence-electron chi connectivity index (χ1n) is 7.99. The van der Waals surface area contributed by atoms with Crippen molar-refractivity contribution >= 4 is 17.2 Å². The fraction of sp³-hybridized carbons (Fsp3) is 0.562. The van der Waals surface area contributed by atoms with Crippen LogP contribution in [0.25, 0.3) is 0 Å². The van der Waals surface area contributed by atoms with Crippen LogP contribution in [0.15, 0.2) is 11.4 Å². The number of hydrogen-bond acceptors (Lipinski definition) is 5. The molecule has 0 aromatic carbocycles. The number of aryl methyl sites for hydroxylation is 2. The maximum atomic E-state index is 12.7. The van der Waals surface area contributed by atoms with Gasteiger partial charge in [0.15, 0.2) is 5.82 Å². The average Bonchev–Trinajstić information content (AvgIpc) is 3.24. The SMILES string of the molecule is Cc1nc([C@@H]2C[C@H]3CCN(C(=O)c4sccc4C)C[C@@H]3O2)n[nH]1. The Kier molecular flexibility index (Phi) is 3.69. The number of thiophene rings is 1. The van der Waals surface area contributed by atoms with Gasteiger partial charge in [-0.05, 0) is 49.6 Å². The molecule has 6 nitrogen and oxygen atoms in total. The summed E-state index contributed by atoms with van der Waals surface area (Å²) in [4.78, 5) is 19.8. The second-order valence-electron chi connectivity index (χ2n) is 6.41. The van der Waals surface area contributed by atoms with E-state index >= 15 is 0 Å². The van der Waals surface area contributed by atoms with E-state index in [0.29, 0.717) is 12.5 Å². The molecule has 2 aliphatic heterocycles. The number of carbonyl (C=O) groups is 1. The molecule has 0 radical (unpaired) electrons. The van der Waals surface area contributed by atoms with Crippen LogP contribution < -0.4 is 0 Å². The number of fused-ring (bicyclic) bond motifs is 1. The molecule has 23 heavy (non-hydrogen) atoms. The molecule has 4 heterocycles. The highest BCUT2D eigenvalue weighted by Gasteiger charge is 2.42. The second kappa shape index (κ2) is 5.72. The topological polar surface area (TPSA) is 71.1 Å². The third kappa shape index (κ3) is 2.68. The summed E-state index contributed by atoms with van der Waals surface area (Å²) < 4.78 is 6.16. The lowest BCUT2D eigenvalue weighted by Crippen LogP contribution is -2.45. The van der Waals surface area contributed by atoms with Gasteiger partial charge in [-0.2, -0.15) is 5.10 Å². The first-order valence-corrected chi connectivity index (χ1v) is 8.87. The number of aromatic nitrogens is 3. The smallest absolute Gasteiger partial charge is 0.264 e. The maximum absolute atomic E-state index is 12.7. The first kappa shape index (κ1) is 14.8. The van der Waals surface area contributed by atoms with Gasteiger partial charge in [-0.25, -0.2) is 4.98 Å². The minimum Gasteiger partial charge on any atom is -0.365 e. The number of H-pyrrole nitrogens is 1. The van der Waals surface area contributed by atoms with Gasteiger partial charge in [-0.15, -0.1) is 11.3 Å².